The molecule has 2 atom stereocenters. The van der Waals surface area contributed by atoms with Gasteiger partial charge in [0.2, 0.25) is 0 Å². The fourth-order valence-electron chi connectivity index (χ4n) is 1.86. The maximum absolute atomic E-state index is 9.89. The number of hydrogen-bond acceptors (Lipinski definition) is 1. The fourth-order valence-corrected chi connectivity index (χ4v) is 1.86. The summed E-state index contributed by atoms with van der Waals surface area (Å²) in [6.07, 6.45) is 7.65. The van der Waals surface area contributed by atoms with E-state index in [0.717, 1.165) is 18.4 Å². The molecular weight excluding hydrogens is 184 g/mol. The third-order valence-corrected chi connectivity index (χ3v) is 2.73. The van der Waals surface area contributed by atoms with Gasteiger partial charge in [-0.1, -0.05) is 45.6 Å². The van der Waals surface area contributed by atoms with Crippen LogP contribution in [0.2, 0.25) is 0 Å². The van der Waals surface area contributed by atoms with Crippen molar-refractivity contribution in [3.63, 3.8) is 0 Å². The molecule has 1 fully saturated rings. The lowest BCUT2D eigenvalue weighted by Gasteiger charge is -2.29. The normalized spacial score (nSPS) is 31.0. The van der Waals surface area contributed by atoms with Crippen LogP contribution in [-0.2, 0) is 0 Å². The maximum Gasteiger partial charge on any atom is 0.0815 e. The molecule has 1 unspecified atom stereocenters. The lowest BCUT2D eigenvalue weighted by molar-refractivity contribution is 0.137. The highest BCUT2D eigenvalue weighted by Gasteiger charge is 2.25. The van der Waals surface area contributed by atoms with E-state index in [-0.39, 0.29) is 6.10 Å². The standard InChI is InChI=1S/C12H18O.C2H6/c1-4-6-10-8-7-9(3)12(13)11(10)5-2;1-2/h4-6,9,12-13H,1,7-8H2,2-3H3;1-2H3/b10-6-,11-5+;/t9-,12?;/m0./s1. The molecule has 0 aromatic heterocycles. The first kappa shape index (κ1) is 14.2. The van der Waals surface area contributed by atoms with Gasteiger partial charge in [-0.15, -0.1) is 0 Å². The molecule has 0 heterocycles. The summed E-state index contributed by atoms with van der Waals surface area (Å²) in [6.45, 7) is 11.8. The van der Waals surface area contributed by atoms with Crippen molar-refractivity contribution in [2.45, 2.75) is 46.6 Å². The van der Waals surface area contributed by atoms with Crippen molar-refractivity contribution in [2.24, 2.45) is 5.92 Å². The van der Waals surface area contributed by atoms with E-state index < -0.39 is 0 Å². The van der Waals surface area contributed by atoms with Crippen LogP contribution in [0.1, 0.15) is 40.5 Å². The predicted molar refractivity (Wildman–Crippen MR) is 67.8 cm³/mol. The molecule has 0 amide bonds. The van der Waals surface area contributed by atoms with Crippen LogP contribution >= 0.6 is 0 Å². The Morgan fingerprint density at radius 2 is 2.00 bits per heavy atom. The van der Waals surface area contributed by atoms with E-state index in [4.69, 9.17) is 0 Å². The average Bonchev–Trinajstić information content (AvgIpc) is 2.27. The fraction of sp³-hybridized carbons (Fsp3) is 0.571. The Morgan fingerprint density at radius 3 is 2.47 bits per heavy atom. The van der Waals surface area contributed by atoms with Gasteiger partial charge >= 0.3 is 0 Å². The summed E-state index contributed by atoms with van der Waals surface area (Å²) in [5.74, 6) is 0.383. The number of rotatable bonds is 1. The number of hydrogen-bond donors (Lipinski definition) is 1. The van der Waals surface area contributed by atoms with Gasteiger partial charge in [0.1, 0.15) is 0 Å². The van der Waals surface area contributed by atoms with Crippen molar-refractivity contribution in [1.29, 1.82) is 0 Å². The molecule has 0 saturated heterocycles. The Labute approximate surface area is 94.2 Å². The molecule has 1 aliphatic rings. The van der Waals surface area contributed by atoms with Gasteiger partial charge in [0.25, 0.3) is 0 Å². The highest BCUT2D eigenvalue weighted by Crippen LogP contribution is 2.32. The van der Waals surface area contributed by atoms with Gasteiger partial charge in [-0.3, -0.25) is 0 Å². The average molecular weight is 208 g/mol. The zero-order valence-corrected chi connectivity index (χ0v) is 10.5. The monoisotopic (exact) mass is 208 g/mol. The van der Waals surface area contributed by atoms with Crippen LogP contribution < -0.4 is 0 Å². The minimum atomic E-state index is -0.287. The zero-order valence-electron chi connectivity index (χ0n) is 10.5. The van der Waals surface area contributed by atoms with Crippen LogP contribution in [0.15, 0.2) is 36.0 Å². The maximum atomic E-state index is 9.89. The number of aliphatic hydroxyl groups is 1. The third-order valence-electron chi connectivity index (χ3n) is 2.73. The molecule has 1 saturated carbocycles. The second-order valence-corrected chi connectivity index (χ2v) is 3.63. The summed E-state index contributed by atoms with van der Waals surface area (Å²) in [6, 6.07) is 0. The predicted octanol–water partition coefficient (Wildman–Crippen LogP) is 3.86. The second kappa shape index (κ2) is 7.47. The van der Waals surface area contributed by atoms with E-state index in [1.54, 1.807) is 6.08 Å². The van der Waals surface area contributed by atoms with Gasteiger partial charge in [0, 0.05) is 0 Å². The molecule has 1 heteroatoms. The summed E-state index contributed by atoms with van der Waals surface area (Å²) in [7, 11) is 0. The van der Waals surface area contributed by atoms with Crippen molar-refractivity contribution in [1.82, 2.24) is 0 Å². The third kappa shape index (κ3) is 3.67. The van der Waals surface area contributed by atoms with Crippen molar-refractivity contribution >= 4 is 0 Å². The van der Waals surface area contributed by atoms with Gasteiger partial charge in [-0.25, -0.2) is 0 Å². The van der Waals surface area contributed by atoms with E-state index in [0.29, 0.717) is 5.92 Å². The Balaban J connectivity index is 0.000000921. The first-order valence-corrected chi connectivity index (χ1v) is 5.87. The molecule has 15 heavy (non-hydrogen) atoms. The highest BCUT2D eigenvalue weighted by atomic mass is 16.3. The summed E-state index contributed by atoms with van der Waals surface area (Å²) in [4.78, 5) is 0. The lowest BCUT2D eigenvalue weighted by atomic mass is 9.80. The summed E-state index contributed by atoms with van der Waals surface area (Å²) in [5, 5.41) is 9.89. The largest absolute Gasteiger partial charge is 0.388 e. The minimum absolute atomic E-state index is 0.287. The highest BCUT2D eigenvalue weighted by molar-refractivity contribution is 5.38. The minimum Gasteiger partial charge on any atom is -0.388 e. The van der Waals surface area contributed by atoms with E-state index in [1.165, 1.54) is 5.57 Å². The molecule has 1 nitrogen and oxygen atoms in total. The van der Waals surface area contributed by atoms with E-state index in [1.807, 2.05) is 32.9 Å². The van der Waals surface area contributed by atoms with Gasteiger partial charge in [0.05, 0.1) is 6.10 Å². The van der Waals surface area contributed by atoms with Gasteiger partial charge in [-0.2, -0.15) is 0 Å². The zero-order chi connectivity index (χ0) is 11.8. The van der Waals surface area contributed by atoms with Crippen molar-refractivity contribution < 1.29 is 5.11 Å². The SMILES string of the molecule is C=C/C=C1/CC[C@H](C)C(O)/C1=C/C.CC. The summed E-state index contributed by atoms with van der Waals surface area (Å²) >= 11 is 0. The van der Waals surface area contributed by atoms with E-state index in [2.05, 4.69) is 13.5 Å². The molecule has 0 aromatic rings. The van der Waals surface area contributed by atoms with Crippen LogP contribution in [0.25, 0.3) is 0 Å². The molecule has 0 bridgehead atoms. The van der Waals surface area contributed by atoms with Crippen molar-refractivity contribution in [3.05, 3.63) is 36.0 Å². The first-order valence-electron chi connectivity index (χ1n) is 5.87. The molecule has 0 spiro atoms. The Kier molecular flexibility index (Phi) is 7.06. The molecule has 86 valence electrons. The van der Waals surface area contributed by atoms with Crippen LogP contribution in [0.3, 0.4) is 0 Å². The second-order valence-electron chi connectivity index (χ2n) is 3.63. The number of aliphatic hydroxyl groups excluding tert-OH is 1. The Morgan fingerprint density at radius 1 is 1.40 bits per heavy atom. The summed E-state index contributed by atoms with van der Waals surface area (Å²) in [5.41, 5.74) is 2.32. The molecule has 1 rings (SSSR count). The molecule has 0 radical (unpaired) electrons. The van der Waals surface area contributed by atoms with Crippen LogP contribution in [0.4, 0.5) is 0 Å². The molecule has 1 N–H and O–H groups in total. The van der Waals surface area contributed by atoms with Gasteiger partial charge < -0.3 is 5.11 Å². The number of allylic oxidation sites excluding steroid dienone is 3. The van der Waals surface area contributed by atoms with Crippen molar-refractivity contribution in [3.8, 4) is 0 Å². The molecule has 0 aromatic carbocycles. The first-order chi connectivity index (χ1) is 7.20. The van der Waals surface area contributed by atoms with E-state index >= 15 is 0 Å². The summed E-state index contributed by atoms with van der Waals surface area (Å²) < 4.78 is 0. The van der Waals surface area contributed by atoms with E-state index in [9.17, 15) is 5.11 Å². The van der Waals surface area contributed by atoms with Gasteiger partial charge in [-0.05, 0) is 36.8 Å². The molecule has 0 aliphatic heterocycles. The van der Waals surface area contributed by atoms with Crippen LogP contribution in [0.5, 0.6) is 0 Å². The molecule has 1 aliphatic carbocycles. The van der Waals surface area contributed by atoms with Crippen molar-refractivity contribution in [2.75, 3.05) is 0 Å². The molecular formula is C14H24O. The van der Waals surface area contributed by atoms with Gasteiger partial charge in [0.15, 0.2) is 0 Å². The van der Waals surface area contributed by atoms with Crippen LogP contribution in [-0.4, -0.2) is 11.2 Å². The smallest absolute Gasteiger partial charge is 0.0815 e. The quantitative estimate of drug-likeness (QED) is 0.693. The van der Waals surface area contributed by atoms with Crippen LogP contribution in [0, 0.1) is 5.92 Å². The topological polar surface area (TPSA) is 20.2 Å². The Hall–Kier alpha value is -0.820. The lowest BCUT2D eigenvalue weighted by Crippen LogP contribution is -2.26. The Bertz CT molecular complexity index is 248.